The lowest BCUT2D eigenvalue weighted by Gasteiger charge is -2.00. The standard InChI is InChI=1S/C13H10ClN3S/c14-8-1-2-11-12(5-8)18-13(17-11)7-3-9(15)6-10(16)4-7/h1-6H,15-16H2. The van der Waals surface area contributed by atoms with Crippen molar-refractivity contribution in [3.63, 3.8) is 0 Å². The molecule has 0 saturated heterocycles. The Morgan fingerprint density at radius 3 is 2.44 bits per heavy atom. The lowest BCUT2D eigenvalue weighted by atomic mass is 10.2. The molecule has 3 rings (SSSR count). The summed E-state index contributed by atoms with van der Waals surface area (Å²) in [4.78, 5) is 4.56. The lowest BCUT2D eigenvalue weighted by Crippen LogP contribution is -1.90. The van der Waals surface area contributed by atoms with Gasteiger partial charge in [-0.2, -0.15) is 0 Å². The normalized spacial score (nSPS) is 10.9. The molecule has 1 heterocycles. The van der Waals surface area contributed by atoms with Crippen LogP contribution in [0.15, 0.2) is 36.4 Å². The first-order valence-corrected chi connectivity index (χ1v) is 6.54. The van der Waals surface area contributed by atoms with Gasteiger partial charge in [-0.1, -0.05) is 11.6 Å². The van der Waals surface area contributed by atoms with Gasteiger partial charge in [-0.05, 0) is 36.4 Å². The van der Waals surface area contributed by atoms with Crippen LogP contribution in [0.3, 0.4) is 0 Å². The maximum Gasteiger partial charge on any atom is 0.124 e. The molecule has 90 valence electrons. The van der Waals surface area contributed by atoms with Gasteiger partial charge in [-0.15, -0.1) is 11.3 Å². The highest BCUT2D eigenvalue weighted by atomic mass is 35.5. The zero-order valence-corrected chi connectivity index (χ0v) is 10.9. The minimum atomic E-state index is 0.641. The highest BCUT2D eigenvalue weighted by Crippen LogP contribution is 2.33. The molecular weight excluding hydrogens is 266 g/mol. The van der Waals surface area contributed by atoms with E-state index in [-0.39, 0.29) is 0 Å². The number of halogens is 1. The van der Waals surface area contributed by atoms with Crippen molar-refractivity contribution in [2.75, 3.05) is 11.5 Å². The van der Waals surface area contributed by atoms with Gasteiger partial charge < -0.3 is 11.5 Å². The van der Waals surface area contributed by atoms with Gasteiger partial charge in [0.1, 0.15) is 5.01 Å². The molecule has 5 heteroatoms. The Kier molecular flexibility index (Phi) is 2.61. The van der Waals surface area contributed by atoms with Gasteiger partial charge >= 0.3 is 0 Å². The quantitative estimate of drug-likeness (QED) is 0.664. The molecule has 2 aromatic carbocycles. The van der Waals surface area contributed by atoms with E-state index in [2.05, 4.69) is 4.98 Å². The summed E-state index contributed by atoms with van der Waals surface area (Å²) in [7, 11) is 0. The average molecular weight is 276 g/mol. The van der Waals surface area contributed by atoms with E-state index in [1.54, 1.807) is 17.4 Å². The van der Waals surface area contributed by atoms with Crippen molar-refractivity contribution in [3.05, 3.63) is 41.4 Å². The van der Waals surface area contributed by atoms with E-state index in [1.807, 2.05) is 30.3 Å². The van der Waals surface area contributed by atoms with Crippen molar-refractivity contribution in [2.45, 2.75) is 0 Å². The van der Waals surface area contributed by atoms with E-state index in [4.69, 9.17) is 23.1 Å². The van der Waals surface area contributed by atoms with Crippen molar-refractivity contribution < 1.29 is 0 Å². The molecule has 0 fully saturated rings. The van der Waals surface area contributed by atoms with Gasteiger partial charge in [-0.25, -0.2) is 4.98 Å². The molecule has 0 aliphatic rings. The molecule has 0 saturated carbocycles. The highest BCUT2D eigenvalue weighted by molar-refractivity contribution is 7.21. The van der Waals surface area contributed by atoms with Crippen molar-refractivity contribution in [1.82, 2.24) is 4.98 Å². The Morgan fingerprint density at radius 2 is 1.72 bits per heavy atom. The van der Waals surface area contributed by atoms with E-state index < -0.39 is 0 Å². The minimum Gasteiger partial charge on any atom is -0.399 e. The van der Waals surface area contributed by atoms with Crippen LogP contribution >= 0.6 is 22.9 Å². The SMILES string of the molecule is Nc1cc(N)cc(-c2nc3ccc(Cl)cc3s2)c1. The molecule has 0 unspecified atom stereocenters. The van der Waals surface area contributed by atoms with Gasteiger partial charge in [0.25, 0.3) is 0 Å². The first-order chi connectivity index (χ1) is 8.61. The number of anilines is 2. The van der Waals surface area contributed by atoms with Crippen molar-refractivity contribution >= 4 is 44.5 Å². The second-order valence-corrected chi connectivity index (χ2v) is 5.49. The zero-order valence-electron chi connectivity index (χ0n) is 9.35. The van der Waals surface area contributed by atoms with Crippen LogP contribution in [-0.2, 0) is 0 Å². The summed E-state index contributed by atoms with van der Waals surface area (Å²) in [6.07, 6.45) is 0. The molecule has 4 N–H and O–H groups in total. The summed E-state index contributed by atoms with van der Waals surface area (Å²) >= 11 is 7.54. The van der Waals surface area contributed by atoms with Crippen LogP contribution in [0.25, 0.3) is 20.8 Å². The number of nitrogens with two attached hydrogens (primary N) is 2. The second kappa shape index (κ2) is 4.15. The molecule has 0 spiro atoms. The molecular formula is C13H10ClN3S. The average Bonchev–Trinajstić information content (AvgIpc) is 2.70. The van der Waals surface area contributed by atoms with Crippen molar-refractivity contribution in [2.24, 2.45) is 0 Å². The summed E-state index contributed by atoms with van der Waals surface area (Å²) in [6.45, 7) is 0. The zero-order chi connectivity index (χ0) is 12.7. The highest BCUT2D eigenvalue weighted by Gasteiger charge is 2.07. The van der Waals surface area contributed by atoms with E-state index in [0.717, 1.165) is 20.8 Å². The molecule has 3 aromatic rings. The number of nitrogen functional groups attached to an aromatic ring is 2. The number of benzene rings is 2. The minimum absolute atomic E-state index is 0.641. The van der Waals surface area contributed by atoms with E-state index in [1.165, 1.54) is 0 Å². The molecule has 0 aliphatic carbocycles. The Morgan fingerprint density at radius 1 is 1.00 bits per heavy atom. The molecule has 18 heavy (non-hydrogen) atoms. The van der Waals surface area contributed by atoms with E-state index in [9.17, 15) is 0 Å². The Hall–Kier alpha value is -1.78. The third-order valence-corrected chi connectivity index (χ3v) is 3.88. The second-order valence-electron chi connectivity index (χ2n) is 4.02. The molecule has 3 nitrogen and oxygen atoms in total. The van der Waals surface area contributed by atoms with Gasteiger partial charge in [0.05, 0.1) is 10.2 Å². The maximum absolute atomic E-state index is 5.96. The van der Waals surface area contributed by atoms with Gasteiger partial charge in [-0.3, -0.25) is 0 Å². The number of rotatable bonds is 1. The molecule has 0 aliphatic heterocycles. The first kappa shape index (κ1) is 11.3. The fourth-order valence-electron chi connectivity index (χ4n) is 1.82. The topological polar surface area (TPSA) is 64.9 Å². The van der Waals surface area contributed by atoms with Crippen LogP contribution in [0.5, 0.6) is 0 Å². The molecule has 0 bridgehead atoms. The van der Waals surface area contributed by atoms with Crippen molar-refractivity contribution in [3.8, 4) is 10.6 Å². The number of fused-ring (bicyclic) bond motifs is 1. The van der Waals surface area contributed by atoms with Gasteiger partial charge in [0.2, 0.25) is 0 Å². The molecule has 0 radical (unpaired) electrons. The largest absolute Gasteiger partial charge is 0.399 e. The Balaban J connectivity index is 2.19. The Bertz CT molecular complexity index is 716. The summed E-state index contributed by atoms with van der Waals surface area (Å²) in [6, 6.07) is 11.1. The van der Waals surface area contributed by atoms with Crippen LogP contribution in [0.2, 0.25) is 5.02 Å². The number of thiazole rings is 1. The third kappa shape index (κ3) is 2.00. The number of hydrogen-bond donors (Lipinski definition) is 2. The number of aromatic nitrogens is 1. The van der Waals surface area contributed by atoms with E-state index >= 15 is 0 Å². The predicted octanol–water partition coefficient (Wildman–Crippen LogP) is 3.78. The fraction of sp³-hybridized carbons (Fsp3) is 0. The van der Waals surface area contributed by atoms with Crippen LogP contribution in [-0.4, -0.2) is 4.98 Å². The van der Waals surface area contributed by atoms with Crippen LogP contribution in [0, 0.1) is 0 Å². The number of hydrogen-bond acceptors (Lipinski definition) is 4. The first-order valence-electron chi connectivity index (χ1n) is 5.34. The van der Waals surface area contributed by atoms with Gasteiger partial charge in [0.15, 0.2) is 0 Å². The van der Waals surface area contributed by atoms with E-state index in [0.29, 0.717) is 16.4 Å². The third-order valence-electron chi connectivity index (χ3n) is 2.58. The smallest absolute Gasteiger partial charge is 0.124 e. The molecule has 0 atom stereocenters. The Labute approximate surface area is 113 Å². The molecule has 0 amide bonds. The summed E-state index contributed by atoms with van der Waals surface area (Å²) < 4.78 is 1.05. The summed E-state index contributed by atoms with van der Waals surface area (Å²) in [5, 5.41) is 1.61. The summed E-state index contributed by atoms with van der Waals surface area (Å²) in [5.41, 5.74) is 14.7. The predicted molar refractivity (Wildman–Crippen MR) is 78.9 cm³/mol. The van der Waals surface area contributed by atoms with Crippen LogP contribution in [0.1, 0.15) is 0 Å². The number of nitrogens with zero attached hydrogens (tertiary/aromatic N) is 1. The fourth-order valence-corrected chi connectivity index (χ4v) is 3.05. The summed E-state index contributed by atoms with van der Waals surface area (Å²) in [5.74, 6) is 0. The van der Waals surface area contributed by atoms with Crippen LogP contribution < -0.4 is 11.5 Å². The maximum atomic E-state index is 5.96. The monoisotopic (exact) mass is 275 g/mol. The van der Waals surface area contributed by atoms with Crippen LogP contribution in [0.4, 0.5) is 11.4 Å². The van der Waals surface area contributed by atoms with Gasteiger partial charge in [0, 0.05) is 22.0 Å². The van der Waals surface area contributed by atoms with Crippen molar-refractivity contribution in [1.29, 1.82) is 0 Å². The lowest BCUT2D eigenvalue weighted by molar-refractivity contribution is 1.48. The molecule has 1 aromatic heterocycles.